The van der Waals surface area contributed by atoms with Crippen molar-refractivity contribution in [1.82, 2.24) is 0 Å². The number of hydrogen-bond acceptors (Lipinski definition) is 3. The lowest BCUT2D eigenvalue weighted by Crippen LogP contribution is -2.47. The van der Waals surface area contributed by atoms with Crippen molar-refractivity contribution in [1.29, 1.82) is 0 Å². The van der Waals surface area contributed by atoms with Gasteiger partial charge in [0.15, 0.2) is 17.5 Å². The first kappa shape index (κ1) is 24.9. The lowest BCUT2D eigenvalue weighted by molar-refractivity contribution is -0.398. The molecule has 3 nitrogen and oxygen atoms in total. The average Bonchev–Trinajstić information content (AvgIpc) is 2.65. The van der Waals surface area contributed by atoms with Gasteiger partial charge in [-0.1, -0.05) is 45.4 Å². The van der Waals surface area contributed by atoms with Crippen LogP contribution in [0.5, 0.6) is 0 Å². The average molecular weight is 405 g/mol. The maximum absolute atomic E-state index is 13.7. The Morgan fingerprint density at radius 1 is 0.893 bits per heavy atom. The molecular formula is C22H35F3O3. The Morgan fingerprint density at radius 3 is 1.93 bits per heavy atom. The van der Waals surface area contributed by atoms with Crippen molar-refractivity contribution in [2.75, 3.05) is 14.2 Å². The van der Waals surface area contributed by atoms with Crippen LogP contribution in [0.3, 0.4) is 0 Å². The molecule has 0 amide bonds. The molecule has 0 aliphatic carbocycles. The quantitative estimate of drug-likeness (QED) is 0.204. The first-order chi connectivity index (χ1) is 13.3. The fraction of sp³-hybridized carbons (Fsp3) is 0.727. The van der Waals surface area contributed by atoms with Crippen LogP contribution in [0.15, 0.2) is 12.1 Å². The fourth-order valence-corrected chi connectivity index (χ4v) is 3.52. The molecule has 0 spiro atoms. The molecule has 1 unspecified atom stereocenters. The number of unbranched alkanes of at least 4 members (excludes halogenated alkanes) is 5. The summed E-state index contributed by atoms with van der Waals surface area (Å²) in [6.45, 7) is 5.91. The van der Waals surface area contributed by atoms with Crippen LogP contribution >= 0.6 is 0 Å². The van der Waals surface area contributed by atoms with E-state index in [0.29, 0.717) is 12.0 Å². The molecule has 0 aliphatic rings. The van der Waals surface area contributed by atoms with E-state index in [0.717, 1.165) is 31.4 Å². The highest BCUT2D eigenvalue weighted by atomic mass is 19.2. The molecule has 0 fully saturated rings. The summed E-state index contributed by atoms with van der Waals surface area (Å²) in [5.74, 6) is -5.49. The summed E-state index contributed by atoms with van der Waals surface area (Å²) in [5, 5.41) is 0. The van der Waals surface area contributed by atoms with Gasteiger partial charge in [0.2, 0.25) is 0 Å². The van der Waals surface area contributed by atoms with Crippen molar-refractivity contribution < 1.29 is 27.4 Å². The molecule has 1 aromatic rings. The molecule has 0 bridgehead atoms. The van der Waals surface area contributed by atoms with Gasteiger partial charge in [-0.25, -0.2) is 13.2 Å². The first-order valence-electron chi connectivity index (χ1n) is 10.2. The van der Waals surface area contributed by atoms with Crippen molar-refractivity contribution in [3.63, 3.8) is 0 Å². The number of hydrogen-bond donors (Lipinski definition) is 0. The topological polar surface area (TPSA) is 27.7 Å². The third kappa shape index (κ3) is 7.37. The highest BCUT2D eigenvalue weighted by molar-refractivity contribution is 5.20. The number of halogens is 3. The zero-order chi connectivity index (χ0) is 21.2. The second kappa shape index (κ2) is 12.5. The lowest BCUT2D eigenvalue weighted by atomic mass is 9.90. The van der Waals surface area contributed by atoms with Gasteiger partial charge in [-0.2, -0.15) is 0 Å². The molecule has 0 saturated heterocycles. The van der Waals surface area contributed by atoms with Gasteiger partial charge in [0, 0.05) is 20.1 Å². The Hall–Kier alpha value is -1.11. The highest BCUT2D eigenvalue weighted by Crippen LogP contribution is 2.34. The van der Waals surface area contributed by atoms with E-state index >= 15 is 0 Å². The van der Waals surface area contributed by atoms with Crippen molar-refractivity contribution in [3.8, 4) is 0 Å². The van der Waals surface area contributed by atoms with Gasteiger partial charge in [-0.05, 0) is 44.4 Å². The maximum atomic E-state index is 13.7. The standard InChI is InChI=1S/C22H35F3O3/c1-6-7-8-9-10-11-12-18(22(26-4,27-5)28-16(2)3)13-17-14-19(23)21(25)20(24)15-17/h14-16,18H,6-13H2,1-5H3. The Balaban J connectivity index is 2.98. The van der Waals surface area contributed by atoms with E-state index in [9.17, 15) is 13.2 Å². The molecule has 28 heavy (non-hydrogen) atoms. The second-order valence-corrected chi connectivity index (χ2v) is 7.51. The van der Waals surface area contributed by atoms with E-state index in [2.05, 4.69) is 6.92 Å². The normalized spacial score (nSPS) is 13.3. The monoisotopic (exact) mass is 404 g/mol. The van der Waals surface area contributed by atoms with Crippen molar-refractivity contribution >= 4 is 0 Å². The van der Waals surface area contributed by atoms with E-state index in [1.165, 1.54) is 33.5 Å². The molecule has 0 radical (unpaired) electrons. The fourth-order valence-electron chi connectivity index (χ4n) is 3.52. The van der Waals surface area contributed by atoms with Crippen molar-refractivity contribution in [2.45, 2.75) is 84.2 Å². The van der Waals surface area contributed by atoms with Crippen LogP contribution in [0.1, 0.15) is 71.3 Å². The van der Waals surface area contributed by atoms with Crippen LogP contribution in [0, 0.1) is 23.4 Å². The minimum atomic E-state index is -1.46. The van der Waals surface area contributed by atoms with Crippen LogP contribution in [-0.4, -0.2) is 26.3 Å². The second-order valence-electron chi connectivity index (χ2n) is 7.51. The molecule has 1 aromatic carbocycles. The molecule has 0 aliphatic heterocycles. The van der Waals surface area contributed by atoms with Gasteiger partial charge in [0.05, 0.1) is 6.10 Å². The molecule has 0 saturated carbocycles. The van der Waals surface area contributed by atoms with Crippen molar-refractivity contribution in [2.24, 2.45) is 5.92 Å². The van der Waals surface area contributed by atoms with E-state index in [-0.39, 0.29) is 18.4 Å². The zero-order valence-corrected chi connectivity index (χ0v) is 17.8. The summed E-state index contributed by atoms with van der Waals surface area (Å²) in [5.41, 5.74) is 0.346. The molecule has 6 heteroatoms. The third-order valence-electron chi connectivity index (χ3n) is 4.90. The van der Waals surface area contributed by atoms with Gasteiger partial charge in [-0.3, -0.25) is 0 Å². The van der Waals surface area contributed by atoms with Gasteiger partial charge in [0.25, 0.3) is 5.97 Å². The first-order valence-corrected chi connectivity index (χ1v) is 10.2. The van der Waals surface area contributed by atoms with Gasteiger partial charge in [0.1, 0.15) is 0 Å². The van der Waals surface area contributed by atoms with Crippen LogP contribution in [-0.2, 0) is 20.6 Å². The minimum Gasteiger partial charge on any atom is -0.331 e. The molecule has 0 aromatic heterocycles. The lowest BCUT2D eigenvalue weighted by Gasteiger charge is -2.39. The van der Waals surface area contributed by atoms with E-state index in [1.807, 2.05) is 13.8 Å². The van der Waals surface area contributed by atoms with Crippen LogP contribution in [0.4, 0.5) is 13.2 Å². The summed E-state index contributed by atoms with van der Waals surface area (Å²) in [6.07, 6.45) is 7.46. The third-order valence-corrected chi connectivity index (χ3v) is 4.90. The molecule has 0 N–H and O–H groups in total. The summed E-state index contributed by atoms with van der Waals surface area (Å²) in [7, 11) is 2.98. The summed E-state index contributed by atoms with van der Waals surface area (Å²) >= 11 is 0. The number of ether oxygens (including phenoxy) is 3. The molecule has 162 valence electrons. The van der Waals surface area contributed by atoms with E-state index in [1.54, 1.807) is 0 Å². The number of rotatable bonds is 14. The zero-order valence-electron chi connectivity index (χ0n) is 17.8. The predicted molar refractivity (Wildman–Crippen MR) is 104 cm³/mol. The summed E-state index contributed by atoms with van der Waals surface area (Å²) in [6, 6.07) is 2.05. The predicted octanol–water partition coefficient (Wildman–Crippen LogP) is 6.38. The molecule has 1 atom stereocenters. The smallest absolute Gasteiger partial charge is 0.285 e. The van der Waals surface area contributed by atoms with Crippen LogP contribution in [0.25, 0.3) is 0 Å². The minimum absolute atomic E-state index is 0.173. The maximum Gasteiger partial charge on any atom is 0.285 e. The molecule has 1 rings (SSSR count). The highest BCUT2D eigenvalue weighted by Gasteiger charge is 2.41. The molecular weight excluding hydrogens is 369 g/mol. The number of methoxy groups -OCH3 is 2. The van der Waals surface area contributed by atoms with Gasteiger partial charge < -0.3 is 14.2 Å². The Labute approximate surface area is 167 Å². The Bertz CT molecular complexity index is 551. The van der Waals surface area contributed by atoms with E-state index < -0.39 is 23.4 Å². The van der Waals surface area contributed by atoms with Gasteiger partial charge >= 0.3 is 0 Å². The van der Waals surface area contributed by atoms with Crippen LogP contribution in [0.2, 0.25) is 0 Å². The number of benzene rings is 1. The SMILES string of the molecule is CCCCCCCCC(Cc1cc(F)c(F)c(F)c1)C(OC)(OC)OC(C)C. The Morgan fingerprint density at radius 2 is 1.43 bits per heavy atom. The van der Waals surface area contributed by atoms with Gasteiger partial charge in [-0.15, -0.1) is 0 Å². The Kier molecular flexibility index (Phi) is 11.1. The van der Waals surface area contributed by atoms with E-state index in [4.69, 9.17) is 14.2 Å². The summed E-state index contributed by atoms with van der Waals surface area (Å²) in [4.78, 5) is 0. The summed E-state index contributed by atoms with van der Waals surface area (Å²) < 4.78 is 57.8. The largest absolute Gasteiger partial charge is 0.331 e. The molecule has 0 heterocycles. The van der Waals surface area contributed by atoms with Crippen molar-refractivity contribution in [3.05, 3.63) is 35.1 Å². The van der Waals surface area contributed by atoms with Crippen LogP contribution < -0.4 is 0 Å².